The van der Waals surface area contributed by atoms with Crippen molar-refractivity contribution in [3.8, 4) is 0 Å². The molecule has 0 saturated carbocycles. The minimum Gasteiger partial charge on any atom is -0.339 e. The standard InChI is InChI=1S/C19H26N4O2/c24-18-12-20-7-9-23(18)16-6-3-8-22(13-16)19(25)17-10-14-4-1-2-5-15(14)11-21-17/h1-2,4-5,16-17,20-21H,3,6-13H2/t16-,17+/m1/s1. The van der Waals surface area contributed by atoms with Gasteiger partial charge in [0.15, 0.2) is 0 Å². The molecule has 0 spiro atoms. The Kier molecular flexibility index (Phi) is 4.72. The third-order valence-electron chi connectivity index (χ3n) is 5.65. The number of fused-ring (bicyclic) bond motifs is 1. The van der Waals surface area contributed by atoms with Crippen LogP contribution in [-0.4, -0.2) is 66.4 Å². The van der Waals surface area contributed by atoms with E-state index in [1.807, 2.05) is 21.9 Å². The van der Waals surface area contributed by atoms with E-state index in [9.17, 15) is 9.59 Å². The Morgan fingerprint density at radius 1 is 1.12 bits per heavy atom. The van der Waals surface area contributed by atoms with Crippen LogP contribution in [0.5, 0.6) is 0 Å². The third-order valence-corrected chi connectivity index (χ3v) is 5.65. The number of hydrogen-bond donors (Lipinski definition) is 2. The van der Waals surface area contributed by atoms with E-state index in [1.54, 1.807) is 0 Å². The van der Waals surface area contributed by atoms with Crippen molar-refractivity contribution in [2.24, 2.45) is 0 Å². The minimum absolute atomic E-state index is 0.146. The molecule has 6 nitrogen and oxygen atoms in total. The number of nitrogens with zero attached hydrogens (tertiary/aromatic N) is 2. The highest BCUT2D eigenvalue weighted by Gasteiger charge is 2.34. The van der Waals surface area contributed by atoms with Crippen molar-refractivity contribution < 1.29 is 9.59 Å². The summed E-state index contributed by atoms with van der Waals surface area (Å²) in [7, 11) is 0. The van der Waals surface area contributed by atoms with Gasteiger partial charge in [0.25, 0.3) is 0 Å². The Hall–Kier alpha value is -1.92. The van der Waals surface area contributed by atoms with E-state index >= 15 is 0 Å². The molecule has 0 radical (unpaired) electrons. The molecule has 0 aromatic heterocycles. The first-order valence-electron chi connectivity index (χ1n) is 9.31. The summed E-state index contributed by atoms with van der Waals surface area (Å²) in [5.41, 5.74) is 2.56. The van der Waals surface area contributed by atoms with E-state index in [0.717, 1.165) is 45.4 Å². The van der Waals surface area contributed by atoms with Crippen molar-refractivity contribution in [2.75, 3.05) is 32.7 Å². The summed E-state index contributed by atoms with van der Waals surface area (Å²) in [5.74, 6) is 0.344. The lowest BCUT2D eigenvalue weighted by atomic mass is 9.94. The number of piperazine rings is 1. The number of rotatable bonds is 2. The van der Waals surface area contributed by atoms with E-state index in [-0.39, 0.29) is 23.9 Å². The number of piperidine rings is 1. The number of amides is 2. The number of likely N-dealkylation sites (tertiary alicyclic amines) is 1. The van der Waals surface area contributed by atoms with Crippen molar-refractivity contribution >= 4 is 11.8 Å². The maximum absolute atomic E-state index is 13.0. The van der Waals surface area contributed by atoms with E-state index < -0.39 is 0 Å². The van der Waals surface area contributed by atoms with Crippen LogP contribution in [0.15, 0.2) is 24.3 Å². The molecule has 0 bridgehead atoms. The minimum atomic E-state index is -0.146. The number of nitrogens with one attached hydrogen (secondary N) is 2. The molecule has 1 aromatic rings. The molecule has 25 heavy (non-hydrogen) atoms. The zero-order valence-electron chi connectivity index (χ0n) is 14.5. The van der Waals surface area contributed by atoms with Crippen LogP contribution in [0.2, 0.25) is 0 Å². The van der Waals surface area contributed by atoms with E-state index in [0.29, 0.717) is 13.1 Å². The molecule has 3 aliphatic rings. The van der Waals surface area contributed by atoms with Gasteiger partial charge < -0.3 is 20.4 Å². The summed E-state index contributed by atoms with van der Waals surface area (Å²) < 4.78 is 0. The molecule has 0 aliphatic carbocycles. The Bertz CT molecular complexity index is 663. The zero-order chi connectivity index (χ0) is 17.2. The lowest BCUT2D eigenvalue weighted by Gasteiger charge is -2.42. The Morgan fingerprint density at radius 2 is 1.96 bits per heavy atom. The van der Waals surface area contributed by atoms with Gasteiger partial charge in [-0.2, -0.15) is 0 Å². The van der Waals surface area contributed by atoms with Crippen LogP contribution in [-0.2, 0) is 22.6 Å². The van der Waals surface area contributed by atoms with Gasteiger partial charge in [-0.05, 0) is 30.4 Å². The van der Waals surface area contributed by atoms with Gasteiger partial charge in [-0.3, -0.25) is 9.59 Å². The third kappa shape index (κ3) is 3.41. The lowest BCUT2D eigenvalue weighted by Crippen LogP contribution is -2.59. The van der Waals surface area contributed by atoms with Crippen molar-refractivity contribution in [2.45, 2.75) is 37.9 Å². The number of hydrogen-bond acceptors (Lipinski definition) is 4. The predicted octanol–water partition coefficient (Wildman–Crippen LogP) is 0.124. The van der Waals surface area contributed by atoms with Gasteiger partial charge in [0.1, 0.15) is 0 Å². The molecule has 2 amide bonds. The van der Waals surface area contributed by atoms with E-state index in [4.69, 9.17) is 0 Å². The summed E-state index contributed by atoms with van der Waals surface area (Å²) >= 11 is 0. The second-order valence-electron chi connectivity index (χ2n) is 7.25. The van der Waals surface area contributed by atoms with Gasteiger partial charge in [0.05, 0.1) is 12.6 Å². The normalized spacial score (nSPS) is 27.1. The quantitative estimate of drug-likeness (QED) is 0.802. The average molecular weight is 342 g/mol. The fraction of sp³-hybridized carbons (Fsp3) is 0.579. The average Bonchev–Trinajstić information content (AvgIpc) is 2.67. The topological polar surface area (TPSA) is 64.7 Å². The molecule has 1 aromatic carbocycles. The molecule has 0 unspecified atom stereocenters. The van der Waals surface area contributed by atoms with Crippen molar-refractivity contribution in [3.05, 3.63) is 35.4 Å². The number of carbonyl (C=O) groups excluding carboxylic acids is 2. The van der Waals surface area contributed by atoms with Crippen LogP contribution in [0.3, 0.4) is 0 Å². The molecule has 6 heteroatoms. The number of benzene rings is 1. The van der Waals surface area contributed by atoms with Gasteiger partial charge in [-0.25, -0.2) is 0 Å². The molecule has 3 heterocycles. The highest BCUT2D eigenvalue weighted by atomic mass is 16.2. The maximum atomic E-state index is 13.0. The highest BCUT2D eigenvalue weighted by Crippen LogP contribution is 2.21. The van der Waals surface area contributed by atoms with Crippen LogP contribution in [0, 0.1) is 0 Å². The molecule has 2 atom stereocenters. The van der Waals surface area contributed by atoms with Gasteiger partial charge in [0.2, 0.25) is 11.8 Å². The molecule has 134 valence electrons. The largest absolute Gasteiger partial charge is 0.339 e. The summed E-state index contributed by atoms with van der Waals surface area (Å²) in [6.07, 6.45) is 2.72. The monoisotopic (exact) mass is 342 g/mol. The fourth-order valence-corrected chi connectivity index (χ4v) is 4.27. The first-order valence-corrected chi connectivity index (χ1v) is 9.31. The summed E-state index contributed by atoms with van der Waals surface area (Å²) in [5, 5.41) is 6.51. The molecular weight excluding hydrogens is 316 g/mol. The SMILES string of the molecule is O=C([C@@H]1Cc2ccccc2CN1)N1CCC[C@@H](N2CCNCC2=O)C1. The molecule has 2 saturated heterocycles. The van der Waals surface area contributed by atoms with Crippen molar-refractivity contribution in [1.29, 1.82) is 0 Å². The van der Waals surface area contributed by atoms with Crippen LogP contribution in [0.4, 0.5) is 0 Å². The summed E-state index contributed by atoms with van der Waals surface area (Å²) in [4.78, 5) is 29.1. The summed E-state index contributed by atoms with van der Waals surface area (Å²) in [6, 6.07) is 8.35. The first-order chi connectivity index (χ1) is 12.2. The van der Waals surface area contributed by atoms with Crippen LogP contribution in [0.25, 0.3) is 0 Å². The van der Waals surface area contributed by atoms with Gasteiger partial charge in [0, 0.05) is 38.8 Å². The number of carbonyl (C=O) groups is 2. The summed E-state index contributed by atoms with van der Waals surface area (Å²) in [6.45, 7) is 4.24. The molecule has 4 rings (SSSR count). The van der Waals surface area contributed by atoms with Crippen LogP contribution >= 0.6 is 0 Å². The fourth-order valence-electron chi connectivity index (χ4n) is 4.27. The van der Waals surface area contributed by atoms with Crippen molar-refractivity contribution in [3.63, 3.8) is 0 Å². The molecular formula is C19H26N4O2. The maximum Gasteiger partial charge on any atom is 0.240 e. The molecule has 2 N–H and O–H groups in total. The Morgan fingerprint density at radius 3 is 2.80 bits per heavy atom. The Balaban J connectivity index is 1.41. The van der Waals surface area contributed by atoms with Crippen LogP contribution < -0.4 is 10.6 Å². The second kappa shape index (κ2) is 7.14. The van der Waals surface area contributed by atoms with E-state index in [1.165, 1.54) is 11.1 Å². The highest BCUT2D eigenvalue weighted by molar-refractivity contribution is 5.83. The van der Waals surface area contributed by atoms with E-state index in [2.05, 4.69) is 22.8 Å². The zero-order valence-corrected chi connectivity index (χ0v) is 14.5. The van der Waals surface area contributed by atoms with Crippen molar-refractivity contribution in [1.82, 2.24) is 20.4 Å². The van der Waals surface area contributed by atoms with Gasteiger partial charge >= 0.3 is 0 Å². The van der Waals surface area contributed by atoms with Crippen LogP contribution in [0.1, 0.15) is 24.0 Å². The first kappa shape index (κ1) is 16.5. The molecule has 2 fully saturated rings. The Labute approximate surface area is 148 Å². The second-order valence-corrected chi connectivity index (χ2v) is 7.25. The lowest BCUT2D eigenvalue weighted by molar-refractivity contribution is -0.141. The van der Waals surface area contributed by atoms with Gasteiger partial charge in [-0.15, -0.1) is 0 Å². The smallest absolute Gasteiger partial charge is 0.240 e. The predicted molar refractivity (Wildman–Crippen MR) is 95.0 cm³/mol. The molecule has 3 aliphatic heterocycles. The van der Waals surface area contributed by atoms with Gasteiger partial charge in [-0.1, -0.05) is 24.3 Å².